The van der Waals surface area contributed by atoms with E-state index < -0.39 is 0 Å². The number of nitrogens with zero attached hydrogens (tertiary/aromatic N) is 1. The van der Waals surface area contributed by atoms with E-state index in [9.17, 15) is 0 Å². The zero-order valence-corrected chi connectivity index (χ0v) is 12.6. The molecule has 1 aliphatic rings. The first-order valence-corrected chi connectivity index (χ1v) is 8.02. The van der Waals surface area contributed by atoms with Gasteiger partial charge in [-0.1, -0.05) is 19.9 Å². The first kappa shape index (κ1) is 14.0. The molecule has 2 nitrogen and oxygen atoms in total. The van der Waals surface area contributed by atoms with Gasteiger partial charge < -0.3 is 5.73 Å². The molecule has 2 unspecified atom stereocenters. The maximum absolute atomic E-state index is 6.27. The second-order valence-electron chi connectivity index (χ2n) is 5.97. The Morgan fingerprint density at radius 2 is 2.11 bits per heavy atom. The zero-order chi connectivity index (χ0) is 13.1. The highest BCUT2D eigenvalue weighted by molar-refractivity contribution is 7.10. The number of hydrogen-bond donors (Lipinski definition) is 1. The summed E-state index contributed by atoms with van der Waals surface area (Å²) in [5.74, 6) is 0.767. The summed E-state index contributed by atoms with van der Waals surface area (Å²) in [6.07, 6.45) is 3.98. The third kappa shape index (κ3) is 3.56. The maximum atomic E-state index is 6.27. The summed E-state index contributed by atoms with van der Waals surface area (Å²) in [6, 6.07) is 5.78. The summed E-state index contributed by atoms with van der Waals surface area (Å²) in [6.45, 7) is 7.94. The lowest BCUT2D eigenvalue weighted by molar-refractivity contribution is 0.160. The lowest BCUT2D eigenvalue weighted by atomic mass is 10.0. The minimum Gasteiger partial charge on any atom is -0.326 e. The molecule has 1 saturated carbocycles. The molecule has 3 heteroatoms. The van der Waals surface area contributed by atoms with Crippen LogP contribution >= 0.6 is 11.3 Å². The molecule has 0 bridgehead atoms. The molecule has 0 amide bonds. The van der Waals surface area contributed by atoms with Crippen molar-refractivity contribution in [1.82, 2.24) is 4.90 Å². The van der Waals surface area contributed by atoms with Crippen LogP contribution < -0.4 is 5.73 Å². The SMILES string of the molecule is CC(C)CCN(C1CC1)C(c1cccs1)C(C)N. The fourth-order valence-corrected chi connectivity index (χ4v) is 3.51. The van der Waals surface area contributed by atoms with Gasteiger partial charge in [0.25, 0.3) is 0 Å². The summed E-state index contributed by atoms with van der Waals surface area (Å²) < 4.78 is 0. The average molecular weight is 266 g/mol. The second kappa shape index (κ2) is 6.18. The minimum atomic E-state index is 0.205. The Morgan fingerprint density at radius 3 is 2.56 bits per heavy atom. The first-order valence-electron chi connectivity index (χ1n) is 7.14. The molecule has 1 aromatic heterocycles. The van der Waals surface area contributed by atoms with E-state index in [0.29, 0.717) is 6.04 Å². The first-order chi connectivity index (χ1) is 8.59. The molecular weight excluding hydrogens is 240 g/mol. The van der Waals surface area contributed by atoms with Gasteiger partial charge in [0.05, 0.1) is 6.04 Å². The number of thiophene rings is 1. The van der Waals surface area contributed by atoms with Crippen LogP contribution in [-0.4, -0.2) is 23.5 Å². The molecule has 102 valence electrons. The van der Waals surface area contributed by atoms with Crippen LogP contribution in [0.5, 0.6) is 0 Å². The van der Waals surface area contributed by atoms with E-state index in [4.69, 9.17) is 5.73 Å². The highest BCUT2D eigenvalue weighted by Crippen LogP contribution is 2.37. The minimum absolute atomic E-state index is 0.205. The van der Waals surface area contributed by atoms with Gasteiger partial charge in [0.2, 0.25) is 0 Å². The van der Waals surface area contributed by atoms with Crippen molar-refractivity contribution in [3.63, 3.8) is 0 Å². The zero-order valence-electron chi connectivity index (χ0n) is 11.8. The Bertz CT molecular complexity index is 341. The molecule has 0 radical (unpaired) electrons. The van der Waals surface area contributed by atoms with E-state index in [1.165, 1.54) is 30.7 Å². The van der Waals surface area contributed by atoms with Crippen LogP contribution in [0.1, 0.15) is 51.0 Å². The van der Waals surface area contributed by atoms with E-state index in [0.717, 1.165) is 12.0 Å². The smallest absolute Gasteiger partial charge is 0.0593 e. The van der Waals surface area contributed by atoms with E-state index in [1.807, 2.05) is 11.3 Å². The van der Waals surface area contributed by atoms with E-state index in [2.05, 4.69) is 43.2 Å². The molecule has 1 aromatic rings. The number of rotatable bonds is 7. The van der Waals surface area contributed by atoms with E-state index in [1.54, 1.807) is 0 Å². The highest BCUT2D eigenvalue weighted by Gasteiger charge is 2.36. The van der Waals surface area contributed by atoms with Crippen molar-refractivity contribution in [1.29, 1.82) is 0 Å². The fraction of sp³-hybridized carbons (Fsp3) is 0.733. The lowest BCUT2D eigenvalue weighted by Gasteiger charge is -2.34. The Balaban J connectivity index is 2.10. The van der Waals surface area contributed by atoms with Gasteiger partial charge in [-0.3, -0.25) is 4.90 Å². The maximum Gasteiger partial charge on any atom is 0.0593 e. The summed E-state index contributed by atoms with van der Waals surface area (Å²) in [7, 11) is 0. The van der Waals surface area contributed by atoms with Gasteiger partial charge in [-0.2, -0.15) is 0 Å². The van der Waals surface area contributed by atoms with Crippen LogP contribution in [0.15, 0.2) is 17.5 Å². The van der Waals surface area contributed by atoms with Crippen molar-refractivity contribution in [2.45, 2.75) is 58.2 Å². The Labute approximate surface area is 115 Å². The molecule has 1 fully saturated rings. The van der Waals surface area contributed by atoms with Crippen LogP contribution in [0.3, 0.4) is 0 Å². The van der Waals surface area contributed by atoms with E-state index >= 15 is 0 Å². The van der Waals surface area contributed by atoms with Gasteiger partial charge in [0.1, 0.15) is 0 Å². The van der Waals surface area contributed by atoms with Crippen LogP contribution in [0.4, 0.5) is 0 Å². The van der Waals surface area contributed by atoms with Crippen molar-refractivity contribution in [3.8, 4) is 0 Å². The molecule has 2 N–H and O–H groups in total. The van der Waals surface area contributed by atoms with Crippen LogP contribution in [0.2, 0.25) is 0 Å². The molecule has 18 heavy (non-hydrogen) atoms. The normalized spacial score (nSPS) is 19.4. The standard InChI is InChI=1S/C15H26N2S/c1-11(2)8-9-17(13-6-7-13)15(12(3)16)14-5-4-10-18-14/h4-5,10-13,15H,6-9,16H2,1-3H3. The van der Waals surface area contributed by atoms with Crippen molar-refractivity contribution in [2.75, 3.05) is 6.54 Å². The Hall–Kier alpha value is -0.380. The highest BCUT2D eigenvalue weighted by atomic mass is 32.1. The number of nitrogens with two attached hydrogens (primary N) is 1. The molecule has 0 spiro atoms. The summed E-state index contributed by atoms with van der Waals surface area (Å²) in [5, 5.41) is 2.16. The largest absolute Gasteiger partial charge is 0.326 e. The topological polar surface area (TPSA) is 29.3 Å². The monoisotopic (exact) mass is 266 g/mol. The average Bonchev–Trinajstić information content (AvgIpc) is 3.00. The van der Waals surface area contributed by atoms with Gasteiger partial charge in [-0.05, 0) is 50.1 Å². The molecule has 0 aliphatic heterocycles. The van der Waals surface area contributed by atoms with Gasteiger partial charge in [0.15, 0.2) is 0 Å². The molecule has 1 heterocycles. The predicted molar refractivity (Wildman–Crippen MR) is 79.9 cm³/mol. The molecule has 2 rings (SSSR count). The molecule has 0 aromatic carbocycles. The summed E-state index contributed by atoms with van der Waals surface area (Å²) in [4.78, 5) is 4.09. The third-order valence-electron chi connectivity index (χ3n) is 3.67. The van der Waals surface area contributed by atoms with Crippen molar-refractivity contribution < 1.29 is 0 Å². The fourth-order valence-electron chi connectivity index (χ4n) is 2.55. The van der Waals surface area contributed by atoms with Crippen molar-refractivity contribution in [3.05, 3.63) is 22.4 Å². The predicted octanol–water partition coefficient (Wildman–Crippen LogP) is 3.65. The van der Waals surface area contributed by atoms with Gasteiger partial charge in [-0.25, -0.2) is 0 Å². The number of hydrogen-bond acceptors (Lipinski definition) is 3. The summed E-state index contributed by atoms with van der Waals surface area (Å²) >= 11 is 1.85. The molecule has 1 aliphatic carbocycles. The van der Waals surface area contributed by atoms with Crippen LogP contribution in [0, 0.1) is 5.92 Å². The molecule has 0 saturated heterocycles. The lowest BCUT2D eigenvalue weighted by Crippen LogP contribution is -2.41. The summed E-state index contributed by atoms with van der Waals surface area (Å²) in [5.41, 5.74) is 6.27. The Kier molecular flexibility index (Phi) is 4.82. The van der Waals surface area contributed by atoms with E-state index in [-0.39, 0.29) is 6.04 Å². The van der Waals surface area contributed by atoms with Gasteiger partial charge in [-0.15, -0.1) is 11.3 Å². The van der Waals surface area contributed by atoms with Crippen LogP contribution in [-0.2, 0) is 0 Å². The van der Waals surface area contributed by atoms with Crippen molar-refractivity contribution in [2.24, 2.45) is 11.7 Å². The van der Waals surface area contributed by atoms with Crippen LogP contribution in [0.25, 0.3) is 0 Å². The Morgan fingerprint density at radius 1 is 1.39 bits per heavy atom. The molecule has 2 atom stereocenters. The van der Waals surface area contributed by atoms with Gasteiger partial charge >= 0.3 is 0 Å². The second-order valence-corrected chi connectivity index (χ2v) is 6.95. The van der Waals surface area contributed by atoms with Gasteiger partial charge in [0, 0.05) is 17.0 Å². The molecular formula is C15H26N2S. The quantitative estimate of drug-likeness (QED) is 0.816. The third-order valence-corrected chi connectivity index (χ3v) is 4.61. The van der Waals surface area contributed by atoms with Crippen molar-refractivity contribution >= 4 is 11.3 Å².